The van der Waals surface area contributed by atoms with Crippen molar-refractivity contribution in [1.82, 2.24) is 5.01 Å². The van der Waals surface area contributed by atoms with Crippen LogP contribution < -0.4 is 19.8 Å². The van der Waals surface area contributed by atoms with Gasteiger partial charge in [0.05, 0.1) is 48.8 Å². The Labute approximate surface area is 348 Å². The number of methoxy groups -OCH3 is 2. The fourth-order valence-corrected chi connectivity index (χ4v) is 10.2. The second-order valence-electron chi connectivity index (χ2n) is 16.1. The van der Waals surface area contributed by atoms with Crippen LogP contribution in [0.15, 0.2) is 127 Å². The minimum Gasteiger partial charge on any atom is -0.507 e. The molecule has 5 aromatic rings. The molecule has 0 spiro atoms. The number of rotatable bonds is 9. The minimum atomic E-state index is -1.47. The summed E-state index contributed by atoms with van der Waals surface area (Å²) in [5.74, 6) is -3.83. The molecule has 9 rings (SSSR count). The maximum Gasteiger partial charge on any atom is 0.260 e. The van der Waals surface area contributed by atoms with E-state index in [1.165, 1.54) is 4.90 Å². The second kappa shape index (κ2) is 15.0. The number of ether oxygens (including phenoxy) is 2. The molecule has 2 saturated heterocycles. The monoisotopic (exact) mass is 799 g/mol. The van der Waals surface area contributed by atoms with Crippen molar-refractivity contribution in [2.45, 2.75) is 38.0 Å². The van der Waals surface area contributed by atoms with Crippen molar-refractivity contribution in [1.29, 1.82) is 0 Å². The topological polar surface area (TPSA) is 125 Å². The van der Waals surface area contributed by atoms with Gasteiger partial charge in [0.15, 0.2) is 0 Å². The number of allylic oxidation sites excluding steroid dienone is 2. The first-order valence-electron chi connectivity index (χ1n) is 20.2. The van der Waals surface area contributed by atoms with Gasteiger partial charge >= 0.3 is 0 Å². The molecule has 2 aliphatic heterocycles. The fourth-order valence-electron chi connectivity index (χ4n) is 10.2. The number of nitrogens with zero attached hydrogens (tertiary/aromatic N) is 2. The third kappa shape index (κ3) is 6.00. The van der Waals surface area contributed by atoms with Gasteiger partial charge in [-0.3, -0.25) is 29.5 Å². The van der Waals surface area contributed by atoms with Crippen LogP contribution in [-0.4, -0.2) is 48.0 Å². The zero-order valence-corrected chi connectivity index (χ0v) is 33.8. The minimum absolute atomic E-state index is 0.0276. The van der Waals surface area contributed by atoms with Crippen LogP contribution in [0.5, 0.6) is 17.2 Å². The van der Waals surface area contributed by atoms with Gasteiger partial charge in [-0.1, -0.05) is 102 Å². The summed E-state index contributed by atoms with van der Waals surface area (Å²) in [7, 11) is 3.21. The smallest absolute Gasteiger partial charge is 0.260 e. The first-order chi connectivity index (χ1) is 29.1. The predicted octanol–water partition coefficient (Wildman–Crippen LogP) is 8.39. The maximum absolute atomic E-state index is 15.4. The lowest BCUT2D eigenvalue weighted by Gasteiger charge is -2.50. The molecular formula is C50H45N3O7. The van der Waals surface area contributed by atoms with Gasteiger partial charge in [-0.25, -0.2) is 0 Å². The molecule has 2 aliphatic carbocycles. The standard InChI is InChI=1S/C50H45N3O7/c1-29-13-19-34(20-14-29)51-53-47(56)41-28-40-37(44(39-12-8-9-30(2)45(39)54)50(41,49(53)58)33-10-6-5-7-11-33)24-25-38-43(40)48(57)52(46(38)55)35-21-16-31(17-22-35)15-18-32-27-36(59-3)23-26-42(32)60-4/h5-24,26-27,38,40-41,43-44,51,54H,25,28H2,1-4H3/t38-,40+,41-,43-,44+,50+/m0/s1. The zero-order valence-electron chi connectivity index (χ0n) is 33.8. The molecular weight excluding hydrogens is 755 g/mol. The highest BCUT2D eigenvalue weighted by Gasteiger charge is 2.70. The van der Waals surface area contributed by atoms with Crippen molar-refractivity contribution in [2.24, 2.45) is 23.7 Å². The third-order valence-corrected chi connectivity index (χ3v) is 13.0. The zero-order chi connectivity index (χ0) is 41.9. The average Bonchev–Trinajstić information content (AvgIpc) is 3.65. The average molecular weight is 800 g/mol. The number of carbonyl (C=O) groups excluding carboxylic acids is 4. The van der Waals surface area contributed by atoms with Gasteiger partial charge in [0.2, 0.25) is 11.8 Å². The van der Waals surface area contributed by atoms with E-state index >= 15 is 4.79 Å². The SMILES string of the molecule is COc1ccc(OC)c(C=Cc2ccc(N3C(=O)[C@H]4[C@H](CC=C5[C@H]4C[C@H]4C(=O)N(Nc6ccc(C)cc6)C(=O)[C@@]4(c4ccccc4)[C@H]5c4cccc(C)c4O)C3=O)cc2)c1. The van der Waals surface area contributed by atoms with E-state index in [0.29, 0.717) is 39.6 Å². The molecule has 0 aromatic heterocycles. The number of hydrogen-bond donors (Lipinski definition) is 2. The lowest BCUT2D eigenvalue weighted by Crippen LogP contribution is -2.53. The number of phenols is 1. The Hall–Kier alpha value is -6.94. The molecule has 0 unspecified atom stereocenters. The van der Waals surface area contributed by atoms with Crippen LogP contribution in [0.1, 0.15) is 52.1 Å². The highest BCUT2D eigenvalue weighted by atomic mass is 16.5. The molecule has 2 N–H and O–H groups in total. The maximum atomic E-state index is 15.4. The van der Waals surface area contributed by atoms with E-state index in [-0.39, 0.29) is 30.4 Å². The molecule has 10 heteroatoms. The van der Waals surface area contributed by atoms with Crippen molar-refractivity contribution in [3.63, 3.8) is 0 Å². The van der Waals surface area contributed by atoms with Crippen molar-refractivity contribution >= 4 is 47.2 Å². The molecule has 0 bridgehead atoms. The predicted molar refractivity (Wildman–Crippen MR) is 229 cm³/mol. The molecule has 4 amide bonds. The molecule has 5 aromatic carbocycles. The van der Waals surface area contributed by atoms with Crippen LogP contribution in [0.2, 0.25) is 0 Å². The van der Waals surface area contributed by atoms with E-state index in [0.717, 1.165) is 27.3 Å². The first-order valence-corrected chi connectivity index (χ1v) is 20.2. The van der Waals surface area contributed by atoms with E-state index in [1.807, 2.05) is 122 Å². The Kier molecular flexibility index (Phi) is 9.66. The van der Waals surface area contributed by atoms with Gasteiger partial charge in [-0.15, -0.1) is 0 Å². The lowest BCUT2D eigenvalue weighted by atomic mass is 9.49. The van der Waals surface area contributed by atoms with Crippen LogP contribution in [0.3, 0.4) is 0 Å². The van der Waals surface area contributed by atoms with Gasteiger partial charge in [0.25, 0.3) is 11.8 Å². The number of hydrazine groups is 1. The molecule has 0 radical (unpaired) electrons. The number of aryl methyl sites for hydroxylation is 2. The summed E-state index contributed by atoms with van der Waals surface area (Å²) in [5.41, 5.74) is 7.94. The van der Waals surface area contributed by atoms with Gasteiger partial charge in [0.1, 0.15) is 17.2 Å². The lowest BCUT2D eigenvalue weighted by molar-refractivity contribution is -0.138. The van der Waals surface area contributed by atoms with Crippen LogP contribution in [0, 0.1) is 37.5 Å². The van der Waals surface area contributed by atoms with Gasteiger partial charge in [-0.05, 0) is 91.8 Å². The molecule has 3 fully saturated rings. The highest BCUT2D eigenvalue weighted by Crippen LogP contribution is 2.65. The highest BCUT2D eigenvalue weighted by molar-refractivity contribution is 6.22. The van der Waals surface area contributed by atoms with Crippen molar-refractivity contribution in [2.75, 3.05) is 24.5 Å². The Morgan fingerprint density at radius 3 is 2.23 bits per heavy atom. The Morgan fingerprint density at radius 1 is 0.767 bits per heavy atom. The second-order valence-corrected chi connectivity index (χ2v) is 16.1. The molecule has 2 heterocycles. The van der Waals surface area contributed by atoms with Crippen LogP contribution in [-0.2, 0) is 24.6 Å². The van der Waals surface area contributed by atoms with E-state index in [1.54, 1.807) is 39.3 Å². The Morgan fingerprint density at radius 2 is 1.52 bits per heavy atom. The normalized spacial score (nSPS) is 24.6. The number of imide groups is 2. The fraction of sp³-hybridized carbons (Fsp3) is 0.240. The number of anilines is 2. The number of benzene rings is 5. The van der Waals surface area contributed by atoms with Crippen molar-refractivity contribution in [3.8, 4) is 17.2 Å². The van der Waals surface area contributed by atoms with Crippen LogP contribution in [0.25, 0.3) is 12.2 Å². The molecule has 10 nitrogen and oxygen atoms in total. The number of nitrogens with one attached hydrogen (secondary N) is 1. The number of amides is 4. The van der Waals surface area contributed by atoms with Crippen LogP contribution in [0.4, 0.5) is 11.4 Å². The number of aromatic hydroxyl groups is 1. The molecule has 6 atom stereocenters. The Bertz CT molecular complexity index is 2600. The van der Waals surface area contributed by atoms with Gasteiger partial charge in [-0.2, -0.15) is 5.01 Å². The van der Waals surface area contributed by atoms with E-state index in [9.17, 15) is 19.5 Å². The number of para-hydroxylation sites is 1. The molecule has 302 valence electrons. The van der Waals surface area contributed by atoms with Crippen molar-refractivity contribution < 1.29 is 33.8 Å². The summed E-state index contributed by atoms with van der Waals surface area (Å²) < 4.78 is 10.9. The van der Waals surface area contributed by atoms with Gasteiger partial charge < -0.3 is 14.6 Å². The summed E-state index contributed by atoms with van der Waals surface area (Å²) in [6.07, 6.45) is 6.27. The number of fused-ring (bicyclic) bond motifs is 4. The summed E-state index contributed by atoms with van der Waals surface area (Å²) in [5, 5.41) is 13.0. The summed E-state index contributed by atoms with van der Waals surface area (Å²) in [6, 6.07) is 35.0. The Balaban J connectivity index is 1.11. The number of carbonyl (C=O) groups is 4. The van der Waals surface area contributed by atoms with Crippen LogP contribution >= 0.6 is 0 Å². The quantitative estimate of drug-likeness (QED) is 0.0866. The molecule has 4 aliphatic rings. The van der Waals surface area contributed by atoms with Gasteiger partial charge in [0, 0.05) is 17.0 Å². The van der Waals surface area contributed by atoms with E-state index in [2.05, 4.69) is 5.43 Å². The molecule has 60 heavy (non-hydrogen) atoms. The third-order valence-electron chi connectivity index (χ3n) is 13.0. The number of hydrogen-bond acceptors (Lipinski definition) is 8. The molecule has 1 saturated carbocycles. The summed E-state index contributed by atoms with van der Waals surface area (Å²) in [4.78, 5) is 60.8. The van der Waals surface area contributed by atoms with E-state index in [4.69, 9.17) is 9.47 Å². The number of phenolic OH excluding ortho intramolecular Hbond substituents is 1. The van der Waals surface area contributed by atoms with Crippen molar-refractivity contribution in [3.05, 3.63) is 160 Å². The summed E-state index contributed by atoms with van der Waals surface area (Å²) >= 11 is 0. The summed E-state index contributed by atoms with van der Waals surface area (Å²) in [6.45, 7) is 3.76. The van der Waals surface area contributed by atoms with E-state index < -0.39 is 46.8 Å². The first kappa shape index (κ1) is 38.6. The largest absolute Gasteiger partial charge is 0.507 e.